The van der Waals surface area contributed by atoms with Crippen molar-refractivity contribution in [2.75, 3.05) is 11.6 Å². The third-order valence-corrected chi connectivity index (χ3v) is 4.60. The molecular formula is C17H13IN2OS. The molecule has 0 atom stereocenters. The Hall–Kier alpha value is -1.78. The molecule has 0 saturated heterocycles. The van der Waals surface area contributed by atoms with Crippen LogP contribution in [-0.2, 0) is 4.79 Å². The van der Waals surface area contributed by atoms with E-state index in [1.54, 1.807) is 17.8 Å². The minimum Gasteiger partial charge on any atom is -0.320 e. The Morgan fingerprint density at radius 1 is 1.23 bits per heavy atom. The van der Waals surface area contributed by atoms with Gasteiger partial charge in [-0.15, -0.1) is 11.8 Å². The van der Waals surface area contributed by atoms with E-state index < -0.39 is 5.91 Å². The standard InChI is InChI=1S/C17H13IN2OS/c1-22-14-8-6-12(7-9-14)10-13(11-19)17(21)20-16-5-3-2-4-15(16)18/h2-10H,1H3,(H,20,21)/b13-10-. The molecule has 3 nitrogen and oxygen atoms in total. The lowest BCUT2D eigenvalue weighted by atomic mass is 10.1. The summed E-state index contributed by atoms with van der Waals surface area (Å²) >= 11 is 3.79. The minimum atomic E-state index is -0.402. The predicted molar refractivity (Wildman–Crippen MR) is 99.6 cm³/mol. The van der Waals surface area contributed by atoms with E-state index in [2.05, 4.69) is 27.9 Å². The van der Waals surface area contributed by atoms with Crippen LogP contribution < -0.4 is 5.32 Å². The number of rotatable bonds is 4. The van der Waals surface area contributed by atoms with Crippen LogP contribution in [0.15, 0.2) is 59.0 Å². The number of nitriles is 1. The van der Waals surface area contributed by atoms with Gasteiger partial charge in [0.15, 0.2) is 0 Å². The van der Waals surface area contributed by atoms with Crippen molar-refractivity contribution in [3.63, 3.8) is 0 Å². The van der Waals surface area contributed by atoms with Crippen molar-refractivity contribution in [3.05, 3.63) is 63.2 Å². The molecule has 0 fully saturated rings. The minimum absolute atomic E-state index is 0.0801. The highest BCUT2D eigenvalue weighted by Gasteiger charge is 2.10. The van der Waals surface area contributed by atoms with E-state index in [4.69, 9.17) is 0 Å². The molecule has 0 bridgehead atoms. The average molecular weight is 420 g/mol. The van der Waals surface area contributed by atoms with Crippen LogP contribution >= 0.6 is 34.4 Å². The number of nitrogens with zero attached hydrogens (tertiary/aromatic N) is 1. The number of carbonyl (C=O) groups is 1. The Morgan fingerprint density at radius 2 is 1.91 bits per heavy atom. The van der Waals surface area contributed by atoms with Gasteiger partial charge in [-0.05, 0) is 64.8 Å². The molecule has 22 heavy (non-hydrogen) atoms. The molecule has 5 heteroatoms. The maximum absolute atomic E-state index is 12.2. The zero-order valence-electron chi connectivity index (χ0n) is 11.8. The van der Waals surface area contributed by atoms with E-state index in [1.807, 2.05) is 60.9 Å². The van der Waals surface area contributed by atoms with Gasteiger partial charge in [-0.2, -0.15) is 5.26 Å². The van der Waals surface area contributed by atoms with Crippen LogP contribution in [0.25, 0.3) is 6.08 Å². The zero-order chi connectivity index (χ0) is 15.9. The van der Waals surface area contributed by atoms with E-state index in [-0.39, 0.29) is 5.57 Å². The summed E-state index contributed by atoms with van der Waals surface area (Å²) in [4.78, 5) is 13.4. The normalized spacial score (nSPS) is 10.9. The second-order valence-corrected chi connectivity index (χ2v) is 6.42. The van der Waals surface area contributed by atoms with Crippen molar-refractivity contribution in [3.8, 4) is 6.07 Å². The Kier molecular flexibility index (Phi) is 6.04. The molecule has 0 aliphatic carbocycles. The number of hydrogen-bond donors (Lipinski definition) is 1. The Balaban J connectivity index is 2.20. The van der Waals surface area contributed by atoms with Crippen molar-refractivity contribution in [1.82, 2.24) is 0 Å². The van der Waals surface area contributed by atoms with Crippen LogP contribution in [0.1, 0.15) is 5.56 Å². The van der Waals surface area contributed by atoms with Gasteiger partial charge in [0.25, 0.3) is 5.91 Å². The maximum Gasteiger partial charge on any atom is 0.266 e. The number of para-hydroxylation sites is 1. The smallest absolute Gasteiger partial charge is 0.266 e. The largest absolute Gasteiger partial charge is 0.320 e. The zero-order valence-corrected chi connectivity index (χ0v) is 14.8. The van der Waals surface area contributed by atoms with Crippen LogP contribution in [0.2, 0.25) is 0 Å². The highest BCUT2D eigenvalue weighted by Crippen LogP contribution is 2.19. The second kappa shape index (κ2) is 8.01. The molecule has 0 saturated carbocycles. The van der Waals surface area contributed by atoms with Crippen molar-refractivity contribution in [2.24, 2.45) is 0 Å². The molecule has 0 radical (unpaired) electrons. The van der Waals surface area contributed by atoms with E-state index in [0.29, 0.717) is 5.69 Å². The maximum atomic E-state index is 12.2. The molecular weight excluding hydrogens is 407 g/mol. The van der Waals surface area contributed by atoms with E-state index >= 15 is 0 Å². The second-order valence-electron chi connectivity index (χ2n) is 4.38. The number of benzene rings is 2. The monoisotopic (exact) mass is 420 g/mol. The molecule has 2 rings (SSSR count). The molecule has 0 aliphatic heterocycles. The molecule has 2 aromatic carbocycles. The summed E-state index contributed by atoms with van der Waals surface area (Å²) in [7, 11) is 0. The van der Waals surface area contributed by atoms with Crippen LogP contribution in [0.5, 0.6) is 0 Å². The van der Waals surface area contributed by atoms with Crippen molar-refractivity contribution < 1.29 is 4.79 Å². The topological polar surface area (TPSA) is 52.9 Å². The SMILES string of the molecule is CSc1ccc(/C=C(/C#N)C(=O)Nc2ccccc2I)cc1. The lowest BCUT2D eigenvalue weighted by molar-refractivity contribution is -0.112. The molecule has 1 amide bonds. The van der Waals surface area contributed by atoms with Gasteiger partial charge in [0.1, 0.15) is 11.6 Å². The molecule has 0 aliphatic rings. The number of halogens is 1. The quantitative estimate of drug-likeness (QED) is 0.342. The van der Waals surface area contributed by atoms with Gasteiger partial charge in [0.05, 0.1) is 5.69 Å². The summed E-state index contributed by atoms with van der Waals surface area (Å²) < 4.78 is 0.926. The summed E-state index contributed by atoms with van der Waals surface area (Å²) in [5.74, 6) is -0.402. The summed E-state index contributed by atoms with van der Waals surface area (Å²) in [6, 6.07) is 17.1. The van der Waals surface area contributed by atoms with Crippen molar-refractivity contribution >= 4 is 52.0 Å². The van der Waals surface area contributed by atoms with Crippen LogP contribution in [-0.4, -0.2) is 12.2 Å². The molecule has 0 spiro atoms. The number of hydrogen-bond acceptors (Lipinski definition) is 3. The Labute approximate surface area is 147 Å². The van der Waals surface area contributed by atoms with E-state index in [9.17, 15) is 10.1 Å². The van der Waals surface area contributed by atoms with Gasteiger partial charge in [0.2, 0.25) is 0 Å². The number of amides is 1. The van der Waals surface area contributed by atoms with Gasteiger partial charge >= 0.3 is 0 Å². The van der Waals surface area contributed by atoms with Gasteiger partial charge in [-0.25, -0.2) is 0 Å². The first kappa shape index (κ1) is 16.6. The summed E-state index contributed by atoms with van der Waals surface area (Å²) in [6.45, 7) is 0. The molecule has 0 heterocycles. The van der Waals surface area contributed by atoms with Crippen LogP contribution in [0.4, 0.5) is 5.69 Å². The molecule has 1 N–H and O–H groups in total. The Morgan fingerprint density at radius 3 is 2.50 bits per heavy atom. The van der Waals surface area contributed by atoms with E-state index in [1.165, 1.54) is 0 Å². The van der Waals surface area contributed by atoms with Crippen LogP contribution in [0.3, 0.4) is 0 Å². The molecule has 0 aromatic heterocycles. The van der Waals surface area contributed by atoms with Crippen LogP contribution in [0, 0.1) is 14.9 Å². The lowest BCUT2D eigenvalue weighted by Gasteiger charge is -2.06. The third-order valence-electron chi connectivity index (χ3n) is 2.91. The highest BCUT2D eigenvalue weighted by molar-refractivity contribution is 14.1. The van der Waals surface area contributed by atoms with Gasteiger partial charge in [-0.1, -0.05) is 24.3 Å². The van der Waals surface area contributed by atoms with Gasteiger partial charge in [0, 0.05) is 8.47 Å². The molecule has 0 unspecified atom stereocenters. The molecule has 110 valence electrons. The first-order valence-electron chi connectivity index (χ1n) is 6.46. The van der Waals surface area contributed by atoms with Crippen molar-refractivity contribution in [1.29, 1.82) is 5.26 Å². The number of nitrogens with one attached hydrogen (secondary N) is 1. The number of carbonyl (C=O) groups excluding carboxylic acids is 1. The summed E-state index contributed by atoms with van der Waals surface area (Å²) in [6.07, 6.45) is 3.59. The fourth-order valence-corrected chi connectivity index (χ4v) is 2.70. The predicted octanol–water partition coefficient (Wildman–Crippen LogP) is 4.56. The molecule has 2 aromatic rings. The number of anilines is 1. The fraction of sp³-hybridized carbons (Fsp3) is 0.0588. The average Bonchev–Trinajstić information content (AvgIpc) is 2.55. The van der Waals surface area contributed by atoms with Gasteiger partial charge in [-0.3, -0.25) is 4.79 Å². The first-order chi connectivity index (χ1) is 10.6. The summed E-state index contributed by atoms with van der Waals surface area (Å²) in [5.41, 5.74) is 1.61. The van der Waals surface area contributed by atoms with E-state index in [0.717, 1.165) is 14.0 Å². The lowest BCUT2D eigenvalue weighted by Crippen LogP contribution is -2.14. The van der Waals surface area contributed by atoms with Gasteiger partial charge < -0.3 is 5.32 Å². The Bertz CT molecular complexity index is 748. The highest BCUT2D eigenvalue weighted by atomic mass is 127. The third kappa shape index (κ3) is 4.36. The number of thioether (sulfide) groups is 1. The fourth-order valence-electron chi connectivity index (χ4n) is 1.77. The summed E-state index contributed by atoms with van der Waals surface area (Å²) in [5, 5.41) is 12.0. The first-order valence-corrected chi connectivity index (χ1v) is 8.76. The van der Waals surface area contributed by atoms with Crippen molar-refractivity contribution in [2.45, 2.75) is 4.90 Å².